The molecular formula is C7H13IN2. The number of aliphatic imine (C=N–C) groups is 1. The van der Waals surface area contributed by atoms with E-state index in [0.29, 0.717) is 0 Å². The molecule has 0 saturated carbocycles. The summed E-state index contributed by atoms with van der Waals surface area (Å²) in [6, 6.07) is 0. The zero-order chi connectivity index (χ0) is 7.56. The number of alkyl halides is 1. The molecule has 3 heteroatoms. The summed E-state index contributed by atoms with van der Waals surface area (Å²) >= 11 is 2.50. The Balaban J connectivity index is 2.54. The van der Waals surface area contributed by atoms with Crippen molar-refractivity contribution in [3.05, 3.63) is 0 Å². The fraction of sp³-hybridized carbons (Fsp3) is 0.857. The van der Waals surface area contributed by atoms with E-state index in [1.165, 1.54) is 18.8 Å². The third kappa shape index (κ3) is 1.84. The predicted octanol–water partition coefficient (Wildman–Crippen LogP) is 1.54. The van der Waals surface area contributed by atoms with Crippen molar-refractivity contribution in [2.24, 2.45) is 4.99 Å². The first-order valence-corrected chi connectivity index (χ1v) is 4.79. The molecule has 0 radical (unpaired) electrons. The van der Waals surface area contributed by atoms with Gasteiger partial charge >= 0.3 is 0 Å². The molecule has 1 heterocycles. The highest BCUT2D eigenvalue weighted by Gasteiger charge is 2.18. The molecule has 0 aliphatic carbocycles. The van der Waals surface area contributed by atoms with Gasteiger partial charge in [0.05, 0.1) is 5.84 Å². The molecule has 1 fully saturated rings. The fourth-order valence-electron chi connectivity index (χ4n) is 1.18. The molecule has 1 unspecified atom stereocenters. The second-order valence-corrected chi connectivity index (χ2v) is 4.41. The van der Waals surface area contributed by atoms with Crippen LogP contribution in [0.1, 0.15) is 12.8 Å². The van der Waals surface area contributed by atoms with E-state index in [2.05, 4.69) is 39.5 Å². The Morgan fingerprint density at radius 1 is 1.70 bits per heavy atom. The summed E-state index contributed by atoms with van der Waals surface area (Å²) in [5.41, 5.74) is 0. The number of amidine groups is 1. The van der Waals surface area contributed by atoms with Crippen LogP contribution in [0.2, 0.25) is 0 Å². The van der Waals surface area contributed by atoms with Gasteiger partial charge in [0.15, 0.2) is 0 Å². The number of hydrogen-bond donors (Lipinski definition) is 0. The van der Waals surface area contributed by atoms with Crippen molar-refractivity contribution in [1.29, 1.82) is 0 Å². The van der Waals surface area contributed by atoms with Crippen LogP contribution >= 0.6 is 22.6 Å². The number of piperidine rings is 1. The molecule has 1 aliphatic rings. The average molecular weight is 252 g/mol. The highest BCUT2D eigenvalue weighted by atomic mass is 127. The van der Waals surface area contributed by atoms with Crippen LogP contribution in [-0.2, 0) is 0 Å². The first-order chi connectivity index (χ1) is 4.74. The zero-order valence-electron chi connectivity index (χ0n) is 6.47. The summed E-state index contributed by atoms with van der Waals surface area (Å²) in [5.74, 6) is 1.26. The van der Waals surface area contributed by atoms with E-state index in [-0.39, 0.29) is 0 Å². The highest BCUT2D eigenvalue weighted by Crippen LogP contribution is 2.18. The Bertz CT molecular complexity index is 145. The Morgan fingerprint density at radius 3 is 2.90 bits per heavy atom. The average Bonchev–Trinajstić information content (AvgIpc) is 1.94. The lowest BCUT2D eigenvalue weighted by Gasteiger charge is -2.28. The molecule has 1 atom stereocenters. The molecule has 0 N–H and O–H groups in total. The van der Waals surface area contributed by atoms with Gasteiger partial charge in [0.25, 0.3) is 0 Å². The van der Waals surface area contributed by atoms with Gasteiger partial charge < -0.3 is 4.90 Å². The smallest absolute Gasteiger partial charge is 0.0993 e. The normalized spacial score (nSPS) is 31.3. The minimum atomic E-state index is 0.799. The minimum absolute atomic E-state index is 0.799. The molecule has 1 saturated heterocycles. The van der Waals surface area contributed by atoms with Crippen LogP contribution in [0.15, 0.2) is 4.99 Å². The van der Waals surface area contributed by atoms with Gasteiger partial charge in [-0.3, -0.25) is 4.99 Å². The van der Waals surface area contributed by atoms with E-state index < -0.39 is 0 Å². The summed E-state index contributed by atoms with van der Waals surface area (Å²) in [5, 5.41) is 0. The quantitative estimate of drug-likeness (QED) is 0.471. The maximum absolute atomic E-state index is 4.22. The lowest BCUT2D eigenvalue weighted by Crippen LogP contribution is -2.35. The molecule has 0 spiro atoms. The summed E-state index contributed by atoms with van der Waals surface area (Å²) in [7, 11) is 3.99. The molecule has 1 rings (SSSR count). The summed E-state index contributed by atoms with van der Waals surface area (Å²) in [6.07, 6.45) is 2.45. The van der Waals surface area contributed by atoms with E-state index in [4.69, 9.17) is 0 Å². The molecule has 1 aliphatic heterocycles. The maximum atomic E-state index is 4.22. The maximum Gasteiger partial charge on any atom is 0.0993 e. The Labute approximate surface area is 75.8 Å². The van der Waals surface area contributed by atoms with Gasteiger partial charge in [-0.2, -0.15) is 0 Å². The van der Waals surface area contributed by atoms with E-state index >= 15 is 0 Å². The zero-order valence-corrected chi connectivity index (χ0v) is 8.63. The van der Waals surface area contributed by atoms with Crippen molar-refractivity contribution in [2.45, 2.75) is 16.8 Å². The second kappa shape index (κ2) is 3.55. The van der Waals surface area contributed by atoms with Gasteiger partial charge in [0.1, 0.15) is 0 Å². The molecule has 58 valence electrons. The van der Waals surface area contributed by atoms with Crippen molar-refractivity contribution in [2.75, 3.05) is 20.6 Å². The Hall–Kier alpha value is 0.200. The number of halogens is 1. The first-order valence-electron chi connectivity index (χ1n) is 3.55. The van der Waals surface area contributed by atoms with Crippen molar-refractivity contribution in [1.82, 2.24) is 4.90 Å². The molecular weight excluding hydrogens is 239 g/mol. The minimum Gasteiger partial charge on any atom is -0.363 e. The molecule has 0 amide bonds. The van der Waals surface area contributed by atoms with Crippen LogP contribution in [0, 0.1) is 0 Å². The third-order valence-corrected chi connectivity index (χ3v) is 2.94. The van der Waals surface area contributed by atoms with Gasteiger partial charge in [-0.15, -0.1) is 0 Å². The van der Waals surface area contributed by atoms with Gasteiger partial charge in [0.2, 0.25) is 0 Å². The van der Waals surface area contributed by atoms with E-state index in [1.54, 1.807) is 0 Å². The number of hydrogen-bond acceptors (Lipinski definition) is 1. The third-order valence-electron chi connectivity index (χ3n) is 1.88. The second-order valence-electron chi connectivity index (χ2n) is 2.65. The molecule has 0 aromatic heterocycles. The van der Waals surface area contributed by atoms with E-state index in [0.717, 1.165) is 10.3 Å². The van der Waals surface area contributed by atoms with Crippen molar-refractivity contribution in [3.8, 4) is 0 Å². The number of likely N-dealkylation sites (tertiary alicyclic amines) is 1. The topological polar surface area (TPSA) is 15.6 Å². The molecule has 0 aromatic rings. The van der Waals surface area contributed by atoms with Gasteiger partial charge in [-0.25, -0.2) is 0 Å². The van der Waals surface area contributed by atoms with Crippen molar-refractivity contribution >= 4 is 28.4 Å². The van der Waals surface area contributed by atoms with Crippen molar-refractivity contribution in [3.63, 3.8) is 0 Å². The summed E-state index contributed by atoms with van der Waals surface area (Å²) in [4.78, 5) is 6.46. The first kappa shape index (κ1) is 8.30. The van der Waals surface area contributed by atoms with Crippen molar-refractivity contribution < 1.29 is 0 Å². The number of nitrogens with zero attached hydrogens (tertiary/aromatic N) is 2. The standard InChI is InChI=1S/C7H13IN2/c1-9-7-5-6(8)3-4-10(7)2/h6H,3-5H2,1-2H3/b9-7+. The highest BCUT2D eigenvalue weighted by molar-refractivity contribution is 14.1. The van der Waals surface area contributed by atoms with Crippen LogP contribution in [0.5, 0.6) is 0 Å². The summed E-state index contributed by atoms with van der Waals surface area (Å²) < 4.78 is 0.799. The summed E-state index contributed by atoms with van der Waals surface area (Å²) in [6.45, 7) is 1.17. The van der Waals surface area contributed by atoms with Gasteiger partial charge in [-0.05, 0) is 6.42 Å². The van der Waals surface area contributed by atoms with E-state index in [1.807, 2.05) is 7.05 Å². The van der Waals surface area contributed by atoms with Crippen LogP contribution in [-0.4, -0.2) is 35.3 Å². The van der Waals surface area contributed by atoms with Gasteiger partial charge in [-0.1, -0.05) is 22.6 Å². The molecule has 0 aromatic carbocycles. The predicted molar refractivity (Wildman–Crippen MR) is 53.0 cm³/mol. The Kier molecular flexibility index (Phi) is 2.95. The molecule has 2 nitrogen and oxygen atoms in total. The van der Waals surface area contributed by atoms with Crippen LogP contribution in [0.3, 0.4) is 0 Å². The molecule has 10 heavy (non-hydrogen) atoms. The van der Waals surface area contributed by atoms with Gasteiger partial charge in [0, 0.05) is 31.0 Å². The largest absolute Gasteiger partial charge is 0.363 e. The van der Waals surface area contributed by atoms with Crippen LogP contribution in [0.4, 0.5) is 0 Å². The van der Waals surface area contributed by atoms with Crippen LogP contribution in [0.25, 0.3) is 0 Å². The van der Waals surface area contributed by atoms with Crippen LogP contribution < -0.4 is 0 Å². The van der Waals surface area contributed by atoms with E-state index in [9.17, 15) is 0 Å². The SMILES string of the molecule is C/N=C1\CC(I)CCN1C. The monoisotopic (exact) mass is 252 g/mol. The molecule has 0 bridgehead atoms. The fourth-order valence-corrected chi connectivity index (χ4v) is 1.85. The lowest BCUT2D eigenvalue weighted by molar-refractivity contribution is 0.444. The number of rotatable bonds is 0. The lowest BCUT2D eigenvalue weighted by atomic mass is 10.1. The Morgan fingerprint density at radius 2 is 2.40 bits per heavy atom.